The number of hydrogen-bond donors (Lipinski definition) is 2. The molecule has 0 fully saturated rings. The molecule has 0 bridgehead atoms. The van der Waals surface area contributed by atoms with Crippen LogP contribution in [0.2, 0.25) is 10.0 Å². The molecule has 2 rings (SSSR count). The van der Waals surface area contributed by atoms with Crippen LogP contribution in [0.25, 0.3) is 0 Å². The molecule has 0 aliphatic heterocycles. The van der Waals surface area contributed by atoms with Crippen LogP contribution in [-0.2, 0) is 4.79 Å². The SMILES string of the molecule is Cc1ccc(Cl)c(NC(=O)CSc2ccccc2N)c1Cl. The van der Waals surface area contributed by atoms with E-state index in [9.17, 15) is 4.79 Å². The second kappa shape index (κ2) is 7.07. The van der Waals surface area contributed by atoms with Crippen LogP contribution in [0, 0.1) is 6.92 Å². The normalized spacial score (nSPS) is 10.4. The molecule has 1 amide bonds. The van der Waals surface area contributed by atoms with Crippen molar-refractivity contribution < 1.29 is 4.79 Å². The van der Waals surface area contributed by atoms with Gasteiger partial charge in [0.15, 0.2) is 0 Å². The van der Waals surface area contributed by atoms with E-state index in [0.717, 1.165) is 10.5 Å². The zero-order chi connectivity index (χ0) is 15.4. The van der Waals surface area contributed by atoms with Gasteiger partial charge in [-0.25, -0.2) is 0 Å². The molecule has 2 aromatic rings. The van der Waals surface area contributed by atoms with Crippen LogP contribution in [0.5, 0.6) is 0 Å². The molecule has 2 aromatic carbocycles. The van der Waals surface area contributed by atoms with Crippen molar-refractivity contribution in [2.45, 2.75) is 11.8 Å². The minimum Gasteiger partial charge on any atom is -0.398 e. The van der Waals surface area contributed by atoms with Gasteiger partial charge < -0.3 is 11.1 Å². The predicted molar refractivity (Wildman–Crippen MR) is 91.4 cm³/mol. The Kier molecular flexibility index (Phi) is 5.39. The Balaban J connectivity index is 2.03. The number of thioether (sulfide) groups is 1. The van der Waals surface area contributed by atoms with Crippen molar-refractivity contribution in [2.75, 3.05) is 16.8 Å². The molecular weight excluding hydrogens is 327 g/mol. The van der Waals surface area contributed by atoms with E-state index in [2.05, 4.69) is 5.32 Å². The lowest BCUT2D eigenvalue weighted by atomic mass is 10.2. The van der Waals surface area contributed by atoms with Crippen LogP contribution >= 0.6 is 35.0 Å². The maximum absolute atomic E-state index is 12.0. The van der Waals surface area contributed by atoms with Crippen molar-refractivity contribution in [1.29, 1.82) is 0 Å². The van der Waals surface area contributed by atoms with Gasteiger partial charge in [0, 0.05) is 10.6 Å². The molecule has 6 heteroatoms. The third-order valence-corrected chi connectivity index (χ3v) is 4.72. The fourth-order valence-corrected chi connectivity index (χ4v) is 2.94. The lowest BCUT2D eigenvalue weighted by Gasteiger charge is -2.11. The summed E-state index contributed by atoms with van der Waals surface area (Å²) >= 11 is 13.6. The van der Waals surface area contributed by atoms with E-state index in [0.29, 0.717) is 21.4 Å². The van der Waals surface area contributed by atoms with Crippen molar-refractivity contribution in [1.82, 2.24) is 0 Å². The second-order valence-corrected chi connectivity index (χ2v) is 6.23. The summed E-state index contributed by atoms with van der Waals surface area (Å²) in [5, 5.41) is 3.62. The molecule has 0 heterocycles. The first-order valence-corrected chi connectivity index (χ1v) is 7.95. The summed E-state index contributed by atoms with van der Waals surface area (Å²) in [6.45, 7) is 1.85. The number of anilines is 2. The van der Waals surface area contributed by atoms with Gasteiger partial charge in [-0.05, 0) is 30.7 Å². The highest BCUT2D eigenvalue weighted by Crippen LogP contribution is 2.33. The monoisotopic (exact) mass is 340 g/mol. The van der Waals surface area contributed by atoms with E-state index < -0.39 is 0 Å². The van der Waals surface area contributed by atoms with E-state index in [4.69, 9.17) is 28.9 Å². The minimum absolute atomic E-state index is 0.183. The molecule has 0 spiro atoms. The smallest absolute Gasteiger partial charge is 0.234 e. The number of nitrogen functional groups attached to an aromatic ring is 1. The first-order chi connectivity index (χ1) is 9.99. The van der Waals surface area contributed by atoms with Gasteiger partial charge >= 0.3 is 0 Å². The van der Waals surface area contributed by atoms with Crippen molar-refractivity contribution in [3.05, 3.63) is 52.0 Å². The van der Waals surface area contributed by atoms with Gasteiger partial charge in [0.05, 0.1) is 21.5 Å². The number of carbonyl (C=O) groups excluding carboxylic acids is 1. The topological polar surface area (TPSA) is 55.1 Å². The summed E-state index contributed by atoms with van der Waals surface area (Å²) in [6, 6.07) is 10.9. The first kappa shape index (κ1) is 16.0. The minimum atomic E-state index is -0.183. The highest BCUT2D eigenvalue weighted by atomic mass is 35.5. The standard InChI is InChI=1S/C15H14Cl2N2OS/c1-9-6-7-10(16)15(14(9)17)19-13(20)8-21-12-5-3-2-4-11(12)18/h2-7H,8,18H2,1H3,(H,19,20). The van der Waals surface area contributed by atoms with Crippen LogP contribution in [0.4, 0.5) is 11.4 Å². The molecule has 0 aliphatic rings. The van der Waals surface area contributed by atoms with E-state index in [1.807, 2.05) is 25.1 Å². The van der Waals surface area contributed by atoms with E-state index in [1.165, 1.54) is 11.8 Å². The maximum Gasteiger partial charge on any atom is 0.234 e. The number of para-hydroxylation sites is 1. The number of amides is 1. The zero-order valence-electron chi connectivity index (χ0n) is 11.3. The van der Waals surface area contributed by atoms with Gasteiger partial charge in [0.2, 0.25) is 5.91 Å². The fraction of sp³-hybridized carbons (Fsp3) is 0.133. The van der Waals surface area contributed by atoms with Crippen molar-refractivity contribution in [3.8, 4) is 0 Å². The molecule has 0 saturated heterocycles. The Morgan fingerprint density at radius 3 is 2.67 bits per heavy atom. The summed E-state index contributed by atoms with van der Waals surface area (Å²) in [5.41, 5.74) is 7.79. The van der Waals surface area contributed by atoms with Gasteiger partial charge in [-0.3, -0.25) is 4.79 Å². The number of carbonyl (C=O) groups is 1. The summed E-state index contributed by atoms with van der Waals surface area (Å²) in [7, 11) is 0. The molecule has 0 aliphatic carbocycles. The van der Waals surface area contributed by atoms with Crippen molar-refractivity contribution in [2.24, 2.45) is 0 Å². The lowest BCUT2D eigenvalue weighted by molar-refractivity contribution is -0.113. The first-order valence-electron chi connectivity index (χ1n) is 6.21. The summed E-state index contributed by atoms with van der Waals surface area (Å²) in [5.74, 6) is 0.0482. The Hall–Kier alpha value is -1.36. The third-order valence-electron chi connectivity index (χ3n) is 2.83. The highest BCUT2D eigenvalue weighted by Gasteiger charge is 2.12. The number of aryl methyl sites for hydroxylation is 1. The largest absolute Gasteiger partial charge is 0.398 e. The van der Waals surface area contributed by atoms with Crippen LogP contribution in [-0.4, -0.2) is 11.7 Å². The number of nitrogens with one attached hydrogen (secondary N) is 1. The molecule has 21 heavy (non-hydrogen) atoms. The van der Waals surface area contributed by atoms with E-state index >= 15 is 0 Å². The average Bonchev–Trinajstić information content (AvgIpc) is 2.47. The molecule has 0 aromatic heterocycles. The summed E-state index contributed by atoms with van der Waals surface area (Å²) in [6.07, 6.45) is 0. The highest BCUT2D eigenvalue weighted by molar-refractivity contribution is 8.00. The number of halogens is 2. The average molecular weight is 341 g/mol. The zero-order valence-corrected chi connectivity index (χ0v) is 13.6. The van der Waals surface area contributed by atoms with Crippen LogP contribution < -0.4 is 11.1 Å². The number of hydrogen-bond acceptors (Lipinski definition) is 3. The molecule has 3 nitrogen and oxygen atoms in total. The molecule has 0 radical (unpaired) electrons. The molecule has 3 N–H and O–H groups in total. The Bertz CT molecular complexity index is 677. The van der Waals surface area contributed by atoms with E-state index in [-0.39, 0.29) is 11.7 Å². The molecule has 0 unspecified atom stereocenters. The van der Waals surface area contributed by atoms with Crippen molar-refractivity contribution >= 4 is 52.2 Å². The molecule has 110 valence electrons. The molecule has 0 atom stereocenters. The number of benzene rings is 2. The lowest BCUT2D eigenvalue weighted by Crippen LogP contribution is -2.15. The van der Waals surface area contributed by atoms with Crippen LogP contribution in [0.15, 0.2) is 41.3 Å². The van der Waals surface area contributed by atoms with Gasteiger partial charge in [-0.2, -0.15) is 0 Å². The Morgan fingerprint density at radius 1 is 1.24 bits per heavy atom. The van der Waals surface area contributed by atoms with Gasteiger partial charge in [0.25, 0.3) is 0 Å². The van der Waals surface area contributed by atoms with Gasteiger partial charge in [-0.15, -0.1) is 11.8 Å². The molecular formula is C15H14Cl2N2OS. The van der Waals surface area contributed by atoms with Crippen LogP contribution in [0.3, 0.4) is 0 Å². The maximum atomic E-state index is 12.0. The number of rotatable bonds is 4. The number of nitrogens with two attached hydrogens (primary N) is 1. The fourth-order valence-electron chi connectivity index (χ4n) is 1.70. The van der Waals surface area contributed by atoms with Gasteiger partial charge in [0.1, 0.15) is 0 Å². The summed E-state index contributed by atoms with van der Waals surface area (Å²) in [4.78, 5) is 12.9. The predicted octanol–water partition coefficient (Wildman–Crippen LogP) is 4.61. The third kappa shape index (κ3) is 4.06. The second-order valence-electron chi connectivity index (χ2n) is 4.43. The molecule has 0 saturated carbocycles. The van der Waals surface area contributed by atoms with Crippen LogP contribution in [0.1, 0.15) is 5.56 Å². The Labute approximate surface area is 137 Å². The van der Waals surface area contributed by atoms with Gasteiger partial charge in [-0.1, -0.05) is 41.4 Å². The Morgan fingerprint density at radius 2 is 1.95 bits per heavy atom. The van der Waals surface area contributed by atoms with Crippen molar-refractivity contribution in [3.63, 3.8) is 0 Å². The quantitative estimate of drug-likeness (QED) is 0.630. The summed E-state index contributed by atoms with van der Waals surface area (Å²) < 4.78 is 0. The van der Waals surface area contributed by atoms with E-state index in [1.54, 1.807) is 18.2 Å².